The Balaban J connectivity index is 2.75. The average molecular weight is 269 g/mol. The van der Waals surface area contributed by atoms with Crippen molar-refractivity contribution in [3.05, 3.63) is 34.4 Å². The van der Waals surface area contributed by atoms with E-state index in [9.17, 15) is 5.11 Å². The lowest BCUT2D eigenvalue weighted by atomic mass is 10.2. The molecule has 1 atom stereocenters. The monoisotopic (exact) mass is 268 g/mol. The van der Waals surface area contributed by atoms with Gasteiger partial charge in [0, 0.05) is 29.0 Å². The Hall–Kier alpha value is -0.840. The van der Waals surface area contributed by atoms with Crippen LogP contribution in [0.25, 0.3) is 10.9 Å². The maximum atomic E-state index is 9.82. The lowest BCUT2D eigenvalue weighted by Gasteiger charge is -2.10. The number of aliphatic hydroxyl groups excluding tert-OH is 1. The van der Waals surface area contributed by atoms with Crippen LogP contribution < -0.4 is 5.73 Å². The van der Waals surface area contributed by atoms with Crippen LogP contribution in [0.5, 0.6) is 0 Å². The second kappa shape index (κ2) is 3.96. The molecular weight excluding hydrogens is 256 g/mol. The summed E-state index contributed by atoms with van der Waals surface area (Å²) < 4.78 is 2.90. The first-order valence-corrected chi connectivity index (χ1v) is 5.57. The summed E-state index contributed by atoms with van der Waals surface area (Å²) in [5.41, 5.74) is 7.40. The largest absolute Gasteiger partial charge is 0.386 e. The molecular formula is C11H13BrN2O. The molecule has 2 aromatic rings. The molecule has 0 amide bonds. The van der Waals surface area contributed by atoms with Gasteiger partial charge in [-0.2, -0.15) is 0 Å². The topological polar surface area (TPSA) is 51.2 Å². The van der Waals surface area contributed by atoms with Gasteiger partial charge in [-0.05, 0) is 22.0 Å². The van der Waals surface area contributed by atoms with Gasteiger partial charge in [0.15, 0.2) is 0 Å². The highest BCUT2D eigenvalue weighted by Gasteiger charge is 2.17. The summed E-state index contributed by atoms with van der Waals surface area (Å²) in [6, 6.07) is 8.00. The van der Waals surface area contributed by atoms with E-state index in [1.165, 1.54) is 0 Å². The van der Waals surface area contributed by atoms with E-state index in [1.54, 1.807) is 0 Å². The van der Waals surface area contributed by atoms with E-state index in [0.717, 1.165) is 21.1 Å². The number of benzene rings is 1. The molecule has 0 saturated heterocycles. The fourth-order valence-electron chi connectivity index (χ4n) is 1.85. The summed E-state index contributed by atoms with van der Waals surface area (Å²) in [6.07, 6.45) is -0.628. The predicted octanol–water partition coefficient (Wildman–Crippen LogP) is 1.93. The van der Waals surface area contributed by atoms with Crippen molar-refractivity contribution in [1.29, 1.82) is 0 Å². The van der Waals surface area contributed by atoms with Crippen molar-refractivity contribution in [2.75, 3.05) is 6.54 Å². The molecule has 15 heavy (non-hydrogen) atoms. The number of aromatic nitrogens is 1. The Morgan fingerprint density at radius 3 is 2.73 bits per heavy atom. The van der Waals surface area contributed by atoms with Crippen molar-refractivity contribution in [3.63, 3.8) is 0 Å². The molecule has 3 N–H and O–H groups in total. The number of hydrogen-bond donors (Lipinski definition) is 2. The van der Waals surface area contributed by atoms with Gasteiger partial charge in [-0.1, -0.05) is 18.2 Å². The molecule has 0 spiro atoms. The third-order valence-electron chi connectivity index (χ3n) is 2.63. The van der Waals surface area contributed by atoms with Gasteiger partial charge in [0.1, 0.15) is 6.10 Å². The van der Waals surface area contributed by atoms with E-state index < -0.39 is 6.10 Å². The second-order valence-electron chi connectivity index (χ2n) is 3.53. The summed E-state index contributed by atoms with van der Waals surface area (Å²) in [4.78, 5) is 0. The Kier molecular flexibility index (Phi) is 2.82. The third-order valence-corrected chi connectivity index (χ3v) is 3.46. The highest BCUT2D eigenvalue weighted by atomic mass is 79.9. The molecule has 2 rings (SSSR count). The van der Waals surface area contributed by atoms with Crippen LogP contribution in [0.2, 0.25) is 0 Å². The molecule has 1 aromatic carbocycles. The van der Waals surface area contributed by atoms with Gasteiger partial charge >= 0.3 is 0 Å². The summed E-state index contributed by atoms with van der Waals surface area (Å²) in [5.74, 6) is 0. The summed E-state index contributed by atoms with van der Waals surface area (Å²) in [7, 11) is 1.93. The van der Waals surface area contributed by atoms with Crippen LogP contribution in [-0.2, 0) is 7.05 Å². The smallest absolute Gasteiger partial charge is 0.107 e. The maximum Gasteiger partial charge on any atom is 0.107 e. The van der Waals surface area contributed by atoms with Crippen LogP contribution in [0.15, 0.2) is 28.7 Å². The SMILES string of the molecule is Cn1c(C(O)CN)c(Br)c2ccccc21. The van der Waals surface area contributed by atoms with Crippen LogP contribution >= 0.6 is 15.9 Å². The van der Waals surface area contributed by atoms with Crippen molar-refractivity contribution in [1.82, 2.24) is 4.57 Å². The van der Waals surface area contributed by atoms with Gasteiger partial charge in [-0.3, -0.25) is 0 Å². The number of nitrogens with two attached hydrogens (primary N) is 1. The highest BCUT2D eigenvalue weighted by Crippen LogP contribution is 2.33. The molecule has 1 heterocycles. The Bertz CT molecular complexity index is 454. The van der Waals surface area contributed by atoms with Crippen LogP contribution in [-0.4, -0.2) is 16.2 Å². The number of aliphatic hydroxyl groups is 1. The average Bonchev–Trinajstić information content (AvgIpc) is 2.52. The first-order valence-electron chi connectivity index (χ1n) is 4.77. The van der Waals surface area contributed by atoms with Gasteiger partial charge in [-0.25, -0.2) is 0 Å². The summed E-state index contributed by atoms with van der Waals surface area (Å²) >= 11 is 3.51. The highest BCUT2D eigenvalue weighted by molar-refractivity contribution is 9.10. The molecule has 4 heteroatoms. The molecule has 0 aliphatic rings. The first kappa shape index (κ1) is 10.7. The zero-order valence-corrected chi connectivity index (χ0v) is 10.0. The minimum absolute atomic E-state index is 0.225. The summed E-state index contributed by atoms with van der Waals surface area (Å²) in [5, 5.41) is 10.9. The van der Waals surface area contributed by atoms with Gasteiger partial charge < -0.3 is 15.4 Å². The predicted molar refractivity (Wildman–Crippen MR) is 64.6 cm³/mol. The van der Waals surface area contributed by atoms with E-state index in [4.69, 9.17) is 5.73 Å². The van der Waals surface area contributed by atoms with Crippen LogP contribution in [0.4, 0.5) is 0 Å². The molecule has 0 aliphatic heterocycles. The summed E-state index contributed by atoms with van der Waals surface area (Å²) in [6.45, 7) is 0.225. The van der Waals surface area contributed by atoms with Crippen LogP contribution in [0, 0.1) is 0 Å². The molecule has 0 aliphatic carbocycles. The Labute approximate surface area is 96.6 Å². The van der Waals surface area contributed by atoms with Gasteiger partial charge in [0.2, 0.25) is 0 Å². The third kappa shape index (κ3) is 1.58. The van der Waals surface area contributed by atoms with Crippen LogP contribution in [0.1, 0.15) is 11.8 Å². The van der Waals surface area contributed by atoms with Crippen molar-refractivity contribution in [2.24, 2.45) is 12.8 Å². The number of fused-ring (bicyclic) bond motifs is 1. The van der Waals surface area contributed by atoms with Gasteiger partial charge in [-0.15, -0.1) is 0 Å². The number of aryl methyl sites for hydroxylation is 1. The molecule has 80 valence electrons. The quantitative estimate of drug-likeness (QED) is 0.875. The minimum Gasteiger partial charge on any atom is -0.386 e. The fraction of sp³-hybridized carbons (Fsp3) is 0.273. The fourth-order valence-corrected chi connectivity index (χ4v) is 2.71. The lowest BCUT2D eigenvalue weighted by Crippen LogP contribution is -2.14. The second-order valence-corrected chi connectivity index (χ2v) is 4.32. The molecule has 1 aromatic heterocycles. The van der Waals surface area contributed by atoms with Gasteiger partial charge in [0.05, 0.1) is 5.69 Å². The number of halogens is 1. The molecule has 0 radical (unpaired) electrons. The number of nitrogens with zero attached hydrogens (tertiary/aromatic N) is 1. The molecule has 0 bridgehead atoms. The van der Waals surface area contributed by atoms with Crippen LogP contribution in [0.3, 0.4) is 0 Å². The zero-order valence-electron chi connectivity index (χ0n) is 8.44. The number of rotatable bonds is 2. The first-order chi connectivity index (χ1) is 7.16. The standard InChI is InChI=1S/C11H13BrN2O/c1-14-8-5-3-2-4-7(8)10(12)11(14)9(15)6-13/h2-5,9,15H,6,13H2,1H3. The van der Waals surface area contributed by atoms with E-state index in [2.05, 4.69) is 15.9 Å². The minimum atomic E-state index is -0.628. The lowest BCUT2D eigenvalue weighted by molar-refractivity contribution is 0.178. The molecule has 3 nitrogen and oxygen atoms in total. The van der Waals surface area contributed by atoms with Crippen molar-refractivity contribution >= 4 is 26.8 Å². The molecule has 0 saturated carbocycles. The van der Waals surface area contributed by atoms with E-state index >= 15 is 0 Å². The van der Waals surface area contributed by atoms with Crippen molar-refractivity contribution < 1.29 is 5.11 Å². The molecule has 1 unspecified atom stereocenters. The van der Waals surface area contributed by atoms with Crippen molar-refractivity contribution in [2.45, 2.75) is 6.10 Å². The van der Waals surface area contributed by atoms with E-state index in [-0.39, 0.29) is 6.54 Å². The van der Waals surface area contributed by atoms with E-state index in [1.807, 2.05) is 35.9 Å². The molecule has 0 fully saturated rings. The Morgan fingerprint density at radius 1 is 1.47 bits per heavy atom. The maximum absolute atomic E-state index is 9.82. The van der Waals surface area contributed by atoms with Gasteiger partial charge in [0.25, 0.3) is 0 Å². The van der Waals surface area contributed by atoms with E-state index in [0.29, 0.717) is 0 Å². The van der Waals surface area contributed by atoms with Crippen molar-refractivity contribution in [3.8, 4) is 0 Å². The number of para-hydroxylation sites is 1. The zero-order chi connectivity index (χ0) is 11.0. The Morgan fingerprint density at radius 2 is 2.13 bits per heavy atom. The normalized spacial score (nSPS) is 13.3. The number of hydrogen-bond acceptors (Lipinski definition) is 2.